The van der Waals surface area contributed by atoms with Crippen LogP contribution < -0.4 is 26.7 Å². The number of aliphatic imine (C=N–C) groups is 1. The van der Waals surface area contributed by atoms with Crippen LogP contribution in [0, 0.1) is 5.92 Å². The summed E-state index contributed by atoms with van der Waals surface area (Å²) in [6.45, 7) is 1.77. The smallest absolute Gasteiger partial charge is 0.381 e. The van der Waals surface area contributed by atoms with Crippen molar-refractivity contribution in [1.82, 2.24) is 10.2 Å². The first-order valence-corrected chi connectivity index (χ1v) is 11.3. The molecule has 11 heteroatoms. The lowest BCUT2D eigenvalue weighted by Gasteiger charge is -2.47. The van der Waals surface area contributed by atoms with Gasteiger partial charge in [-0.3, -0.25) is 10.1 Å². The van der Waals surface area contributed by atoms with E-state index in [-0.39, 0.29) is 22.2 Å². The van der Waals surface area contributed by atoms with Crippen LogP contribution in [0.3, 0.4) is 0 Å². The van der Waals surface area contributed by atoms with E-state index in [1.165, 1.54) is 38.6 Å². The van der Waals surface area contributed by atoms with E-state index >= 15 is 0 Å². The van der Waals surface area contributed by atoms with Crippen LogP contribution in [-0.4, -0.2) is 34.5 Å². The summed E-state index contributed by atoms with van der Waals surface area (Å²) in [5.74, 6) is 0.128. The SMILES string of the molecule is COc1c(NC23CCC(CC2)CC3)cc(C(=O)Nc2nnc(N=C(C)C=CN)s2)oc1=O. The number of allylic oxidation sites excluding steroid dienone is 1. The van der Waals surface area contributed by atoms with Crippen molar-refractivity contribution >= 4 is 38.9 Å². The normalized spacial score (nSPS) is 22.8. The van der Waals surface area contributed by atoms with Crippen molar-refractivity contribution < 1.29 is 13.9 Å². The minimum atomic E-state index is -0.713. The Hall–Kier alpha value is -3.21. The molecule has 3 fully saturated rings. The van der Waals surface area contributed by atoms with Gasteiger partial charge in [0.1, 0.15) is 0 Å². The molecule has 0 saturated heterocycles. The van der Waals surface area contributed by atoms with E-state index in [1.807, 2.05) is 0 Å². The summed E-state index contributed by atoms with van der Waals surface area (Å²) >= 11 is 1.09. The second-order valence-electron chi connectivity index (χ2n) is 8.19. The third-order valence-corrected chi connectivity index (χ3v) is 6.81. The maximum absolute atomic E-state index is 12.8. The number of carbonyl (C=O) groups is 1. The molecule has 0 atom stereocenters. The molecule has 0 aliphatic heterocycles. The van der Waals surface area contributed by atoms with E-state index in [9.17, 15) is 9.59 Å². The molecule has 2 bridgehead atoms. The molecule has 0 radical (unpaired) electrons. The number of nitrogens with one attached hydrogen (secondary N) is 2. The topological polar surface area (TPSA) is 145 Å². The van der Waals surface area contributed by atoms with E-state index < -0.39 is 11.5 Å². The van der Waals surface area contributed by atoms with Gasteiger partial charge in [0.05, 0.1) is 12.8 Å². The van der Waals surface area contributed by atoms with Gasteiger partial charge in [-0.15, -0.1) is 10.2 Å². The van der Waals surface area contributed by atoms with Gasteiger partial charge >= 0.3 is 5.63 Å². The number of carbonyl (C=O) groups excluding carboxylic acids is 1. The van der Waals surface area contributed by atoms with Crippen molar-refractivity contribution in [2.45, 2.75) is 51.0 Å². The fourth-order valence-electron chi connectivity index (χ4n) is 4.40. The molecule has 0 aromatic carbocycles. The minimum absolute atomic E-state index is 0.0691. The number of fused-ring (bicyclic) bond motifs is 3. The van der Waals surface area contributed by atoms with Crippen LogP contribution in [0.2, 0.25) is 0 Å². The van der Waals surface area contributed by atoms with Gasteiger partial charge in [-0.05, 0) is 63.6 Å². The van der Waals surface area contributed by atoms with Gasteiger partial charge in [-0.1, -0.05) is 11.3 Å². The van der Waals surface area contributed by atoms with E-state index in [4.69, 9.17) is 14.9 Å². The van der Waals surface area contributed by atoms with Crippen LogP contribution in [-0.2, 0) is 0 Å². The summed E-state index contributed by atoms with van der Waals surface area (Å²) in [5, 5.41) is 14.5. The van der Waals surface area contributed by atoms with Crippen LogP contribution >= 0.6 is 11.3 Å². The van der Waals surface area contributed by atoms with Crippen LogP contribution in [0.5, 0.6) is 5.75 Å². The van der Waals surface area contributed by atoms with Gasteiger partial charge < -0.3 is 20.2 Å². The van der Waals surface area contributed by atoms with Crippen molar-refractivity contribution in [3.05, 3.63) is 34.5 Å². The molecular formula is C21H26N6O4S. The highest BCUT2D eigenvalue weighted by Crippen LogP contribution is 2.46. The van der Waals surface area contributed by atoms with Crippen LogP contribution in [0.1, 0.15) is 56.0 Å². The average molecular weight is 459 g/mol. The molecule has 3 aliphatic carbocycles. The van der Waals surface area contributed by atoms with Crippen LogP contribution in [0.4, 0.5) is 16.0 Å². The predicted molar refractivity (Wildman–Crippen MR) is 123 cm³/mol. The lowest BCUT2D eigenvalue weighted by Crippen LogP contribution is -2.46. The Morgan fingerprint density at radius 2 is 2.06 bits per heavy atom. The second-order valence-corrected chi connectivity index (χ2v) is 9.14. The first-order chi connectivity index (χ1) is 15.4. The van der Waals surface area contributed by atoms with Crippen LogP contribution in [0.25, 0.3) is 0 Å². The van der Waals surface area contributed by atoms with Gasteiger partial charge in [-0.2, -0.15) is 0 Å². The molecule has 170 valence electrons. The quantitative estimate of drug-likeness (QED) is 0.535. The molecular weight excluding hydrogens is 432 g/mol. The molecule has 2 heterocycles. The fraction of sp³-hybridized carbons (Fsp3) is 0.476. The Bertz CT molecular complexity index is 1100. The zero-order valence-electron chi connectivity index (χ0n) is 18.0. The molecule has 5 rings (SSSR count). The number of hydrogen-bond donors (Lipinski definition) is 3. The fourth-order valence-corrected chi connectivity index (χ4v) is 5.07. The van der Waals surface area contributed by atoms with Crippen molar-refractivity contribution in [1.29, 1.82) is 0 Å². The number of aromatic nitrogens is 2. The Morgan fingerprint density at radius 1 is 1.34 bits per heavy atom. The van der Waals surface area contributed by atoms with Gasteiger partial charge in [0.25, 0.3) is 5.91 Å². The molecule has 1 amide bonds. The van der Waals surface area contributed by atoms with Crippen molar-refractivity contribution in [2.24, 2.45) is 16.6 Å². The molecule has 0 unspecified atom stereocenters. The van der Waals surface area contributed by atoms with E-state index in [0.717, 1.165) is 36.5 Å². The third kappa shape index (κ3) is 4.67. The van der Waals surface area contributed by atoms with Gasteiger partial charge in [-0.25, -0.2) is 9.79 Å². The third-order valence-electron chi connectivity index (χ3n) is 6.07. The largest absolute Gasteiger partial charge is 0.488 e. The Balaban J connectivity index is 1.55. The minimum Gasteiger partial charge on any atom is -0.488 e. The van der Waals surface area contributed by atoms with E-state index in [2.05, 4.69) is 25.8 Å². The van der Waals surface area contributed by atoms with Crippen molar-refractivity contribution in [3.63, 3.8) is 0 Å². The zero-order chi connectivity index (χ0) is 22.7. The maximum Gasteiger partial charge on any atom is 0.381 e. The summed E-state index contributed by atoms with van der Waals surface area (Å²) in [7, 11) is 1.41. The predicted octanol–water partition coefficient (Wildman–Crippen LogP) is 3.45. The summed E-state index contributed by atoms with van der Waals surface area (Å²) < 4.78 is 10.5. The first kappa shape index (κ1) is 22.0. The number of amides is 1. The standard InChI is InChI=1S/C21H26N6O4S/c1-12(6-10-22)23-19-26-27-20(32-19)24-17(28)15-11-14(16(30-2)18(29)31-15)25-21-7-3-13(4-8-21)5-9-21/h6,10-11,13,25H,3-5,7-9,22H2,1-2H3,(H,24,27,28). The summed E-state index contributed by atoms with van der Waals surface area (Å²) in [5.41, 5.74) is 5.67. The summed E-state index contributed by atoms with van der Waals surface area (Å²) in [6.07, 6.45) is 9.63. The molecule has 4 N–H and O–H groups in total. The molecule has 10 nitrogen and oxygen atoms in total. The Morgan fingerprint density at radius 3 is 2.72 bits per heavy atom. The monoisotopic (exact) mass is 458 g/mol. The van der Waals surface area contributed by atoms with Gasteiger partial charge in [0, 0.05) is 17.3 Å². The van der Waals surface area contributed by atoms with E-state index in [0.29, 0.717) is 16.5 Å². The highest BCUT2D eigenvalue weighted by Gasteiger charge is 2.41. The molecule has 2 aromatic heterocycles. The number of nitrogens with two attached hydrogens (primary N) is 1. The number of rotatable bonds is 7. The van der Waals surface area contributed by atoms with Crippen molar-refractivity contribution in [2.75, 3.05) is 17.7 Å². The number of methoxy groups -OCH3 is 1. The van der Waals surface area contributed by atoms with Crippen LogP contribution in [0.15, 0.2) is 32.5 Å². The van der Waals surface area contributed by atoms with Gasteiger partial charge in [0.15, 0.2) is 5.76 Å². The number of nitrogens with zero attached hydrogens (tertiary/aromatic N) is 3. The summed E-state index contributed by atoms with van der Waals surface area (Å²) in [6, 6.07) is 1.52. The lowest BCUT2D eigenvalue weighted by atomic mass is 9.66. The molecule has 0 spiro atoms. The Labute approximate surface area is 189 Å². The number of hydrogen-bond acceptors (Lipinski definition) is 10. The molecule has 32 heavy (non-hydrogen) atoms. The zero-order valence-corrected chi connectivity index (χ0v) is 18.8. The second kappa shape index (κ2) is 9.11. The Kier molecular flexibility index (Phi) is 6.26. The maximum atomic E-state index is 12.8. The van der Waals surface area contributed by atoms with Crippen molar-refractivity contribution in [3.8, 4) is 5.75 Å². The number of ether oxygens (including phenoxy) is 1. The van der Waals surface area contributed by atoms with Gasteiger partial charge in [0.2, 0.25) is 16.0 Å². The summed E-state index contributed by atoms with van der Waals surface area (Å²) in [4.78, 5) is 29.5. The first-order valence-electron chi connectivity index (χ1n) is 10.5. The molecule has 2 aromatic rings. The average Bonchev–Trinajstić information content (AvgIpc) is 3.21. The molecule has 3 saturated carbocycles. The van der Waals surface area contributed by atoms with E-state index in [1.54, 1.807) is 13.0 Å². The highest BCUT2D eigenvalue weighted by molar-refractivity contribution is 7.18. The molecule has 3 aliphatic rings. The number of anilines is 2. The lowest BCUT2D eigenvalue weighted by molar-refractivity contribution is 0.0991. The highest BCUT2D eigenvalue weighted by atomic mass is 32.1.